The van der Waals surface area contributed by atoms with Crippen molar-refractivity contribution in [2.45, 2.75) is 31.0 Å². The molecule has 1 saturated heterocycles. The van der Waals surface area contributed by atoms with Crippen molar-refractivity contribution in [3.05, 3.63) is 18.1 Å². The monoisotopic (exact) mass is 366 g/mol. The predicted octanol–water partition coefficient (Wildman–Crippen LogP) is -1.41. The molecule has 0 unspecified atom stereocenters. The number of nitrogens with two attached hydrogens (primary N) is 1. The van der Waals surface area contributed by atoms with E-state index >= 15 is 0 Å². The fourth-order valence-corrected chi connectivity index (χ4v) is 3.22. The number of amidine groups is 1. The zero-order valence-electron chi connectivity index (χ0n) is 14.6. The molecule has 4 atom stereocenters. The Morgan fingerprint density at radius 1 is 1.46 bits per heavy atom. The number of anilines is 1. The Hall–Kier alpha value is -2.47. The van der Waals surface area contributed by atoms with Gasteiger partial charge in [0.25, 0.3) is 0 Å². The van der Waals surface area contributed by atoms with E-state index in [4.69, 9.17) is 15.7 Å². The smallest absolute Gasteiger partial charge is 0.172 e. The summed E-state index contributed by atoms with van der Waals surface area (Å²) in [5.41, 5.74) is 4.81. The van der Waals surface area contributed by atoms with E-state index in [-0.39, 0.29) is 5.84 Å². The maximum atomic E-state index is 10.7. The maximum Gasteiger partial charge on any atom is 0.172 e. The molecule has 2 aromatic heterocycles. The van der Waals surface area contributed by atoms with Gasteiger partial charge < -0.3 is 40.5 Å². The Labute approximate surface area is 148 Å². The molecule has 3 rings (SSSR count). The van der Waals surface area contributed by atoms with Crippen LogP contribution in [0.2, 0.25) is 0 Å². The third kappa shape index (κ3) is 2.56. The highest BCUT2D eigenvalue weighted by molar-refractivity contribution is 6.11. The molecule has 11 heteroatoms. The summed E-state index contributed by atoms with van der Waals surface area (Å²) in [6.07, 6.45) is -0.476. The van der Waals surface area contributed by atoms with Gasteiger partial charge in [-0.3, -0.25) is 0 Å². The Bertz CT molecular complexity index is 848. The van der Waals surface area contributed by atoms with Crippen molar-refractivity contribution in [3.63, 3.8) is 0 Å². The number of ether oxygens (including phenoxy) is 1. The number of fused-ring (bicyclic) bond motifs is 1. The van der Waals surface area contributed by atoms with Crippen molar-refractivity contribution in [2.24, 2.45) is 10.9 Å². The molecule has 0 saturated carbocycles. The largest absolute Gasteiger partial charge is 0.409 e. The number of rotatable bonds is 4. The van der Waals surface area contributed by atoms with Crippen LogP contribution in [0.1, 0.15) is 18.7 Å². The molecule has 142 valence electrons. The fraction of sp³-hybridized carbons (Fsp3) is 0.533. The molecular weight excluding hydrogens is 344 g/mol. The van der Waals surface area contributed by atoms with Crippen molar-refractivity contribution in [1.82, 2.24) is 14.5 Å². The molecule has 0 radical (unpaired) electrons. The van der Waals surface area contributed by atoms with Gasteiger partial charge in [0.2, 0.25) is 0 Å². The molecule has 1 aliphatic rings. The van der Waals surface area contributed by atoms with E-state index in [0.717, 1.165) is 0 Å². The Balaban J connectivity index is 2.27. The van der Waals surface area contributed by atoms with E-state index < -0.39 is 30.6 Å². The lowest BCUT2D eigenvalue weighted by atomic mass is 9.96. The molecule has 0 aromatic carbocycles. The quantitative estimate of drug-likeness (QED) is 0.189. The highest BCUT2D eigenvalue weighted by Gasteiger charge is 2.53. The molecule has 11 nitrogen and oxygen atoms in total. The summed E-state index contributed by atoms with van der Waals surface area (Å²) < 4.78 is 7.14. The molecule has 0 amide bonds. The van der Waals surface area contributed by atoms with Crippen LogP contribution in [0.4, 0.5) is 5.82 Å². The maximum absolute atomic E-state index is 10.7. The number of oxime groups is 1. The van der Waals surface area contributed by atoms with Crippen LogP contribution in [-0.2, 0) is 4.74 Å². The van der Waals surface area contributed by atoms with Gasteiger partial charge in [-0.25, -0.2) is 9.97 Å². The summed E-state index contributed by atoms with van der Waals surface area (Å²) in [6.45, 7) is 0.944. The number of hydrogen-bond acceptors (Lipinski definition) is 9. The standard InChI is InChI=1S/C15H22N6O5/c1-15(24)10(23)8(5-22)26-14(15)21-4-7(11(16)19-25)9-12(20(2)3)17-6-18-13(9)21/h4,6,8,10,14,22-25H,5H2,1-3H3,(H2,16,19)/t8-,10-,14-,15-/m1/s1. The predicted molar refractivity (Wildman–Crippen MR) is 92.0 cm³/mol. The van der Waals surface area contributed by atoms with Crippen molar-refractivity contribution < 1.29 is 25.3 Å². The first kappa shape index (κ1) is 18.3. The molecule has 1 aliphatic heterocycles. The number of hydrogen-bond donors (Lipinski definition) is 5. The molecule has 6 N–H and O–H groups in total. The van der Waals surface area contributed by atoms with Gasteiger partial charge in [-0.1, -0.05) is 5.16 Å². The lowest BCUT2D eigenvalue weighted by Gasteiger charge is -2.27. The molecule has 0 spiro atoms. The average molecular weight is 366 g/mol. The van der Waals surface area contributed by atoms with Crippen LogP contribution in [0.3, 0.4) is 0 Å². The molecule has 3 heterocycles. The lowest BCUT2D eigenvalue weighted by molar-refractivity contribution is -0.0948. The number of aliphatic hydroxyl groups excluding tert-OH is 2. The zero-order valence-corrected chi connectivity index (χ0v) is 14.6. The van der Waals surface area contributed by atoms with Gasteiger partial charge in [-0.05, 0) is 6.92 Å². The summed E-state index contributed by atoms with van der Waals surface area (Å²) in [5.74, 6) is 0.357. The van der Waals surface area contributed by atoms with Crippen LogP contribution in [0.5, 0.6) is 0 Å². The third-order valence-electron chi connectivity index (χ3n) is 4.58. The topological polar surface area (TPSA) is 162 Å². The summed E-state index contributed by atoms with van der Waals surface area (Å²) in [5, 5.41) is 43.0. The van der Waals surface area contributed by atoms with E-state index in [2.05, 4.69) is 15.1 Å². The van der Waals surface area contributed by atoms with Gasteiger partial charge in [0.05, 0.1) is 17.6 Å². The first-order valence-corrected chi connectivity index (χ1v) is 7.91. The minimum absolute atomic E-state index is 0.163. The Morgan fingerprint density at radius 3 is 2.69 bits per heavy atom. The molecule has 0 bridgehead atoms. The van der Waals surface area contributed by atoms with Gasteiger partial charge in [-0.2, -0.15) is 0 Å². The summed E-state index contributed by atoms with van der Waals surface area (Å²) in [4.78, 5) is 10.2. The highest BCUT2D eigenvalue weighted by Crippen LogP contribution is 2.41. The van der Waals surface area contributed by atoms with Crippen LogP contribution in [0, 0.1) is 0 Å². The number of nitrogens with zero attached hydrogens (tertiary/aromatic N) is 5. The van der Waals surface area contributed by atoms with E-state index in [1.54, 1.807) is 19.0 Å². The van der Waals surface area contributed by atoms with E-state index in [9.17, 15) is 15.3 Å². The average Bonchev–Trinajstić information content (AvgIpc) is 3.10. The van der Waals surface area contributed by atoms with Gasteiger partial charge in [0.1, 0.15) is 35.6 Å². The Morgan fingerprint density at radius 2 is 2.15 bits per heavy atom. The summed E-state index contributed by atoms with van der Waals surface area (Å²) >= 11 is 0. The van der Waals surface area contributed by atoms with Crippen molar-refractivity contribution >= 4 is 22.7 Å². The minimum atomic E-state index is -1.70. The van der Waals surface area contributed by atoms with Crippen molar-refractivity contribution in [3.8, 4) is 0 Å². The highest BCUT2D eigenvalue weighted by atomic mass is 16.6. The van der Waals surface area contributed by atoms with Crippen LogP contribution >= 0.6 is 0 Å². The molecule has 2 aromatic rings. The van der Waals surface area contributed by atoms with Gasteiger partial charge in [0.15, 0.2) is 12.1 Å². The minimum Gasteiger partial charge on any atom is -0.409 e. The molecule has 0 aliphatic carbocycles. The zero-order chi connectivity index (χ0) is 19.2. The van der Waals surface area contributed by atoms with E-state index in [0.29, 0.717) is 22.4 Å². The lowest BCUT2D eigenvalue weighted by Crippen LogP contribution is -2.44. The normalized spacial score (nSPS) is 29.5. The number of aliphatic hydroxyl groups is 3. The van der Waals surface area contributed by atoms with Crippen LogP contribution < -0.4 is 10.6 Å². The van der Waals surface area contributed by atoms with Crippen molar-refractivity contribution in [2.75, 3.05) is 25.6 Å². The SMILES string of the molecule is CN(C)c1ncnc2c1c(/C(N)=N\O)cn2[C@@H]1O[C@H](CO)[C@@H](O)[C@@]1(C)O. The first-order valence-electron chi connectivity index (χ1n) is 7.91. The van der Waals surface area contributed by atoms with E-state index in [1.807, 2.05) is 0 Å². The molecule has 26 heavy (non-hydrogen) atoms. The number of aromatic nitrogens is 3. The van der Waals surface area contributed by atoms with Gasteiger partial charge in [0, 0.05) is 20.3 Å². The molecular formula is C15H22N6O5. The fourth-order valence-electron chi connectivity index (χ4n) is 3.22. The summed E-state index contributed by atoms with van der Waals surface area (Å²) in [6, 6.07) is 0. The first-order chi connectivity index (χ1) is 12.2. The van der Waals surface area contributed by atoms with Crippen LogP contribution in [0.15, 0.2) is 17.7 Å². The second kappa shape index (κ2) is 6.36. The second-order valence-corrected chi connectivity index (χ2v) is 6.61. The van der Waals surface area contributed by atoms with Crippen LogP contribution in [0.25, 0.3) is 11.0 Å². The molecule has 1 fully saturated rings. The van der Waals surface area contributed by atoms with Crippen molar-refractivity contribution in [1.29, 1.82) is 0 Å². The Kier molecular flexibility index (Phi) is 4.48. The second-order valence-electron chi connectivity index (χ2n) is 6.61. The van der Waals surface area contributed by atoms with E-state index in [1.165, 1.54) is 24.0 Å². The van der Waals surface area contributed by atoms with Gasteiger partial charge >= 0.3 is 0 Å². The summed E-state index contributed by atoms with van der Waals surface area (Å²) in [7, 11) is 3.56. The van der Waals surface area contributed by atoms with Gasteiger partial charge in [-0.15, -0.1) is 0 Å². The van der Waals surface area contributed by atoms with Crippen LogP contribution in [-0.4, -0.2) is 79.4 Å². The third-order valence-corrected chi connectivity index (χ3v) is 4.58.